The molecule has 28 heavy (non-hydrogen) atoms. The van der Waals surface area contributed by atoms with Gasteiger partial charge in [0.25, 0.3) is 0 Å². The first kappa shape index (κ1) is 20.4. The third-order valence-corrected chi connectivity index (χ3v) is 6.21. The second-order valence-corrected chi connectivity index (χ2v) is 8.59. The molecule has 0 spiro atoms. The van der Waals surface area contributed by atoms with Crippen molar-refractivity contribution in [3.63, 3.8) is 0 Å². The molecule has 0 saturated carbocycles. The highest BCUT2D eigenvalue weighted by Gasteiger charge is 2.12. The van der Waals surface area contributed by atoms with E-state index in [0.29, 0.717) is 12.3 Å². The lowest BCUT2D eigenvalue weighted by atomic mass is 10.1. The minimum absolute atomic E-state index is 0.0677. The Hall–Kier alpha value is -2.32. The van der Waals surface area contributed by atoms with Gasteiger partial charge in [-0.1, -0.05) is 48.2 Å². The molecule has 1 amide bonds. The fourth-order valence-electron chi connectivity index (χ4n) is 2.67. The Balaban J connectivity index is 1.55. The molecule has 2 aromatic carbocycles. The molecular weight excluding hydrogens is 392 g/mol. The second kappa shape index (κ2) is 9.75. The lowest BCUT2D eigenvalue weighted by Gasteiger charge is -2.17. The Morgan fingerprint density at radius 2 is 2.00 bits per heavy atom. The molecule has 3 aromatic rings. The highest BCUT2D eigenvalue weighted by Crippen LogP contribution is 2.26. The number of nitrogens with one attached hydrogen (secondary N) is 1. The van der Waals surface area contributed by atoms with Crippen molar-refractivity contribution in [1.82, 2.24) is 15.1 Å². The zero-order valence-electron chi connectivity index (χ0n) is 16.3. The van der Waals surface area contributed by atoms with Crippen molar-refractivity contribution >= 4 is 44.9 Å². The predicted molar refractivity (Wildman–Crippen MR) is 116 cm³/mol. The Kier molecular flexibility index (Phi) is 7.11. The summed E-state index contributed by atoms with van der Waals surface area (Å²) in [5.74, 6) is 1.26. The first-order valence-electron chi connectivity index (χ1n) is 9.10. The van der Waals surface area contributed by atoms with Gasteiger partial charge in [0.1, 0.15) is 5.75 Å². The van der Waals surface area contributed by atoms with Crippen LogP contribution < -0.4 is 10.1 Å². The van der Waals surface area contributed by atoms with Crippen LogP contribution in [0, 0.1) is 0 Å². The molecular formula is C20H24N4O2S2. The molecule has 0 fully saturated rings. The number of rotatable bonds is 9. The maximum Gasteiger partial charge on any atom is 0.233 e. The lowest BCUT2D eigenvalue weighted by Crippen LogP contribution is -2.27. The number of carbonyl (C=O) groups excluding carboxylic acids is 1. The van der Waals surface area contributed by atoms with Gasteiger partial charge in [0.05, 0.1) is 12.9 Å². The summed E-state index contributed by atoms with van der Waals surface area (Å²) in [4.78, 5) is 14.2. The molecule has 1 heterocycles. The van der Waals surface area contributed by atoms with E-state index in [1.807, 2.05) is 25.2 Å². The quantitative estimate of drug-likeness (QED) is 0.526. The minimum atomic E-state index is 0.0677. The number of ether oxygens (including phenoxy) is 1. The summed E-state index contributed by atoms with van der Waals surface area (Å²) in [6, 6.07) is 12.2. The standard InChI is InChI=1S/C20H24N4O2S2/c1-4-9-21-19-22-23-20(28-19)27-13-18(25)24(2)12-14-5-6-16-11-17(26-3)8-7-15(16)10-14/h5-8,10-11H,4,9,12-13H2,1-3H3,(H,21,22). The summed E-state index contributed by atoms with van der Waals surface area (Å²) in [5.41, 5.74) is 1.10. The summed E-state index contributed by atoms with van der Waals surface area (Å²) in [6.45, 7) is 3.55. The van der Waals surface area contributed by atoms with Gasteiger partial charge >= 0.3 is 0 Å². The van der Waals surface area contributed by atoms with E-state index in [-0.39, 0.29) is 5.91 Å². The van der Waals surface area contributed by atoms with Crippen molar-refractivity contribution in [2.75, 3.05) is 31.8 Å². The van der Waals surface area contributed by atoms with Crippen molar-refractivity contribution in [2.24, 2.45) is 0 Å². The van der Waals surface area contributed by atoms with Gasteiger partial charge in [0.2, 0.25) is 11.0 Å². The maximum absolute atomic E-state index is 12.5. The molecule has 0 aliphatic heterocycles. The lowest BCUT2D eigenvalue weighted by molar-refractivity contribution is -0.127. The fraction of sp³-hybridized carbons (Fsp3) is 0.350. The molecule has 0 bridgehead atoms. The van der Waals surface area contributed by atoms with E-state index >= 15 is 0 Å². The minimum Gasteiger partial charge on any atom is -0.497 e. The van der Waals surface area contributed by atoms with Crippen molar-refractivity contribution in [3.8, 4) is 5.75 Å². The SMILES string of the molecule is CCCNc1nnc(SCC(=O)N(C)Cc2ccc3cc(OC)ccc3c2)s1. The number of hydrogen-bond donors (Lipinski definition) is 1. The van der Waals surface area contributed by atoms with Gasteiger partial charge in [-0.15, -0.1) is 10.2 Å². The molecule has 8 heteroatoms. The van der Waals surface area contributed by atoms with Gasteiger partial charge in [-0.05, 0) is 41.0 Å². The summed E-state index contributed by atoms with van der Waals surface area (Å²) in [5, 5.41) is 14.5. The number of fused-ring (bicyclic) bond motifs is 1. The normalized spacial score (nSPS) is 10.8. The molecule has 3 rings (SSSR count). The highest BCUT2D eigenvalue weighted by atomic mass is 32.2. The summed E-state index contributed by atoms with van der Waals surface area (Å²) in [7, 11) is 3.49. The predicted octanol–water partition coefficient (Wildman–Crippen LogP) is 4.27. The van der Waals surface area contributed by atoms with Gasteiger partial charge in [0, 0.05) is 20.1 Å². The molecule has 0 saturated heterocycles. The number of thioether (sulfide) groups is 1. The second-order valence-electron chi connectivity index (χ2n) is 6.39. The molecule has 6 nitrogen and oxygen atoms in total. The zero-order chi connectivity index (χ0) is 19.9. The highest BCUT2D eigenvalue weighted by molar-refractivity contribution is 8.01. The molecule has 1 aromatic heterocycles. The third kappa shape index (κ3) is 5.36. The number of methoxy groups -OCH3 is 1. The molecule has 148 valence electrons. The maximum atomic E-state index is 12.5. The van der Waals surface area contributed by atoms with E-state index in [1.165, 1.54) is 23.1 Å². The van der Waals surface area contributed by atoms with E-state index in [2.05, 4.69) is 40.6 Å². The van der Waals surface area contributed by atoms with Crippen molar-refractivity contribution in [3.05, 3.63) is 42.0 Å². The van der Waals surface area contributed by atoms with E-state index in [0.717, 1.165) is 44.5 Å². The monoisotopic (exact) mass is 416 g/mol. The third-order valence-electron chi connectivity index (χ3n) is 4.21. The van der Waals surface area contributed by atoms with Crippen LogP contribution in [0.3, 0.4) is 0 Å². The molecule has 0 aliphatic carbocycles. The average molecular weight is 417 g/mol. The number of amides is 1. The first-order valence-corrected chi connectivity index (χ1v) is 10.9. The molecule has 0 atom stereocenters. The van der Waals surface area contributed by atoms with Crippen LogP contribution in [0.25, 0.3) is 10.8 Å². The van der Waals surface area contributed by atoms with Gasteiger partial charge in [0.15, 0.2) is 4.34 Å². The Morgan fingerprint density at radius 1 is 1.21 bits per heavy atom. The summed E-state index contributed by atoms with van der Waals surface area (Å²) >= 11 is 2.91. The van der Waals surface area contributed by atoms with Gasteiger partial charge in [-0.3, -0.25) is 4.79 Å². The molecule has 0 radical (unpaired) electrons. The van der Waals surface area contributed by atoms with Crippen LogP contribution in [0.1, 0.15) is 18.9 Å². The molecule has 1 N–H and O–H groups in total. The smallest absolute Gasteiger partial charge is 0.233 e. The number of benzene rings is 2. The van der Waals surface area contributed by atoms with Crippen molar-refractivity contribution in [2.45, 2.75) is 24.2 Å². The average Bonchev–Trinajstić information content (AvgIpc) is 3.17. The van der Waals surface area contributed by atoms with Gasteiger partial charge in [-0.2, -0.15) is 0 Å². The molecule has 0 unspecified atom stereocenters. The number of anilines is 1. The Bertz CT molecular complexity index is 945. The first-order chi connectivity index (χ1) is 13.6. The largest absolute Gasteiger partial charge is 0.497 e. The fourth-order valence-corrected chi connectivity index (χ4v) is 4.38. The van der Waals surface area contributed by atoms with Gasteiger partial charge in [-0.25, -0.2) is 0 Å². The number of nitrogens with zero attached hydrogens (tertiary/aromatic N) is 3. The van der Waals surface area contributed by atoms with Crippen molar-refractivity contribution in [1.29, 1.82) is 0 Å². The Morgan fingerprint density at radius 3 is 2.79 bits per heavy atom. The van der Waals surface area contributed by atoms with Crippen LogP contribution in [0.2, 0.25) is 0 Å². The summed E-state index contributed by atoms with van der Waals surface area (Å²) in [6.07, 6.45) is 1.04. The van der Waals surface area contributed by atoms with Crippen LogP contribution in [0.15, 0.2) is 40.7 Å². The van der Waals surface area contributed by atoms with Crippen molar-refractivity contribution < 1.29 is 9.53 Å². The number of hydrogen-bond acceptors (Lipinski definition) is 7. The number of carbonyl (C=O) groups is 1. The van der Waals surface area contributed by atoms with Crippen LogP contribution >= 0.6 is 23.1 Å². The molecule has 0 aliphatic rings. The van der Waals surface area contributed by atoms with E-state index in [1.54, 1.807) is 12.0 Å². The number of aromatic nitrogens is 2. The van der Waals surface area contributed by atoms with E-state index in [4.69, 9.17) is 4.74 Å². The van der Waals surface area contributed by atoms with E-state index in [9.17, 15) is 4.79 Å². The topological polar surface area (TPSA) is 67.4 Å². The van der Waals surface area contributed by atoms with Crippen LogP contribution in [-0.4, -0.2) is 47.5 Å². The Labute approximate surface area is 173 Å². The summed E-state index contributed by atoms with van der Waals surface area (Å²) < 4.78 is 6.07. The van der Waals surface area contributed by atoms with Crippen LogP contribution in [0.4, 0.5) is 5.13 Å². The van der Waals surface area contributed by atoms with Crippen LogP contribution in [-0.2, 0) is 11.3 Å². The van der Waals surface area contributed by atoms with E-state index < -0.39 is 0 Å². The van der Waals surface area contributed by atoms with Gasteiger partial charge < -0.3 is 15.0 Å². The zero-order valence-corrected chi connectivity index (χ0v) is 17.9. The van der Waals surface area contributed by atoms with Crippen LogP contribution in [0.5, 0.6) is 5.75 Å².